The largest absolute Gasteiger partial charge is 0.370 e. The van der Waals surface area contributed by atoms with Crippen LogP contribution in [0, 0.1) is 0 Å². The van der Waals surface area contributed by atoms with Gasteiger partial charge < -0.3 is 27.5 Å². The number of fused-ring (bicyclic) bond motifs is 1. The Morgan fingerprint density at radius 2 is 1.67 bits per heavy atom. The third kappa shape index (κ3) is 10.5. The second kappa shape index (κ2) is 15.5. The lowest BCUT2D eigenvalue weighted by Gasteiger charge is -2.19. The number of guanidine groups is 1. The van der Waals surface area contributed by atoms with E-state index >= 15 is 0 Å². The molecule has 250 valence electrons. The Labute approximate surface area is 272 Å². The molecule has 12 nitrogen and oxygen atoms in total. The van der Waals surface area contributed by atoms with E-state index in [9.17, 15) is 13.2 Å². The summed E-state index contributed by atoms with van der Waals surface area (Å²) in [7, 11) is -3.44. The highest BCUT2D eigenvalue weighted by atomic mass is 32.2. The van der Waals surface area contributed by atoms with Crippen LogP contribution in [0.3, 0.4) is 0 Å². The Balaban J connectivity index is 0.000000289. The maximum atomic E-state index is 12.5. The minimum Gasteiger partial charge on any atom is -0.370 e. The van der Waals surface area contributed by atoms with E-state index in [4.69, 9.17) is 17.2 Å². The molecule has 0 fully saturated rings. The van der Waals surface area contributed by atoms with Crippen LogP contribution >= 0.6 is 0 Å². The molecule has 4 aromatic rings. The molecule has 0 saturated heterocycles. The van der Waals surface area contributed by atoms with Crippen molar-refractivity contribution in [2.24, 2.45) is 22.2 Å². The van der Waals surface area contributed by atoms with Gasteiger partial charge in [-0.1, -0.05) is 65.8 Å². The zero-order valence-corrected chi connectivity index (χ0v) is 28.5. The number of rotatable bonds is 11. The van der Waals surface area contributed by atoms with Crippen LogP contribution in [0.25, 0.3) is 16.7 Å². The quantitative estimate of drug-likeness (QED) is 0.0807. The van der Waals surface area contributed by atoms with Gasteiger partial charge in [0.05, 0.1) is 10.6 Å². The van der Waals surface area contributed by atoms with Crippen molar-refractivity contribution in [2.45, 2.75) is 70.2 Å². The molecule has 9 N–H and O–H groups in total. The Hall–Kier alpha value is -4.04. The van der Waals surface area contributed by atoms with Gasteiger partial charge in [0.1, 0.15) is 5.65 Å². The highest BCUT2D eigenvalue weighted by Crippen LogP contribution is 2.25. The zero-order chi connectivity index (χ0) is 34.1. The maximum Gasteiger partial charge on any atom is 0.354 e. The molecular formula is C33H49N9O3S. The molecule has 2 heterocycles. The lowest BCUT2D eigenvalue weighted by Crippen LogP contribution is -2.29. The van der Waals surface area contributed by atoms with Crippen molar-refractivity contribution in [1.82, 2.24) is 24.6 Å². The van der Waals surface area contributed by atoms with Gasteiger partial charge in [0.25, 0.3) is 0 Å². The molecule has 0 aliphatic carbocycles. The fourth-order valence-electron chi connectivity index (χ4n) is 4.41. The average molecular weight is 652 g/mol. The number of nitrogens with two attached hydrogens (primary N) is 3. The Kier molecular flexibility index (Phi) is 12.3. The molecule has 0 saturated carbocycles. The standard InChI is InChI=1S/C21H29N7O.C12H20N2O2S/c1-21(2,3)17-11-15-13-28(20(29)27-18(15)26-17)16-7-5-14(6-8-16)12-24-9-4-10-25-19(22)23;1-12(2,3)10-5-4-6-11(9-10)17(15,16)14-8-7-13/h5-8,11,13,24H,4,9-10,12H2,1-3H3,(H4,22,23,25)(H,26,27,29);4-6,9,14H,7-8,13H2,1-3H3. The summed E-state index contributed by atoms with van der Waals surface area (Å²) in [5.74, 6) is 0.123. The molecule has 0 aliphatic heterocycles. The van der Waals surface area contributed by atoms with Crippen LogP contribution in [0.15, 0.2) is 75.5 Å². The van der Waals surface area contributed by atoms with E-state index in [0.29, 0.717) is 17.1 Å². The van der Waals surface area contributed by atoms with Crippen molar-refractivity contribution in [3.8, 4) is 5.69 Å². The van der Waals surface area contributed by atoms with E-state index < -0.39 is 10.0 Å². The van der Waals surface area contributed by atoms with Gasteiger partial charge in [0.15, 0.2) is 5.96 Å². The lowest BCUT2D eigenvalue weighted by molar-refractivity contribution is 0.574. The fraction of sp³-hybridized carbons (Fsp3) is 0.424. The SMILES string of the molecule is CC(C)(C)c1cc2cn(-c3ccc(CNCCCN=C(N)N)cc3)c(=O)nc2[nH]1.CC(C)(C)c1cccc(S(=O)(=O)NCCN)c1. The summed E-state index contributed by atoms with van der Waals surface area (Å²) < 4.78 is 27.8. The van der Waals surface area contributed by atoms with Gasteiger partial charge in [0.2, 0.25) is 10.0 Å². The molecule has 46 heavy (non-hydrogen) atoms. The van der Waals surface area contributed by atoms with Crippen LogP contribution in [0.1, 0.15) is 64.8 Å². The third-order valence-electron chi connectivity index (χ3n) is 7.11. The third-order valence-corrected chi connectivity index (χ3v) is 8.57. The fourth-order valence-corrected chi connectivity index (χ4v) is 5.50. The van der Waals surface area contributed by atoms with Gasteiger partial charge in [-0.3, -0.25) is 9.56 Å². The molecule has 13 heteroatoms. The molecular weight excluding hydrogens is 602 g/mol. The number of aromatic amines is 1. The van der Waals surface area contributed by atoms with Crippen LogP contribution in [-0.4, -0.2) is 55.1 Å². The van der Waals surface area contributed by atoms with Gasteiger partial charge >= 0.3 is 5.69 Å². The molecule has 0 radical (unpaired) electrons. The Bertz CT molecular complexity index is 1780. The highest BCUT2D eigenvalue weighted by molar-refractivity contribution is 7.89. The van der Waals surface area contributed by atoms with Crippen molar-refractivity contribution in [1.29, 1.82) is 0 Å². The van der Waals surface area contributed by atoms with Gasteiger partial charge in [-0.05, 0) is 59.8 Å². The van der Waals surface area contributed by atoms with Crippen molar-refractivity contribution in [2.75, 3.05) is 26.2 Å². The topological polar surface area (TPSA) is 199 Å². The second-order valence-corrected chi connectivity index (χ2v) is 14.9. The molecule has 2 aromatic carbocycles. The van der Waals surface area contributed by atoms with Gasteiger partial charge in [-0.2, -0.15) is 4.98 Å². The average Bonchev–Trinajstić information content (AvgIpc) is 3.41. The number of aromatic nitrogens is 3. The van der Waals surface area contributed by atoms with Crippen molar-refractivity contribution >= 4 is 27.0 Å². The summed E-state index contributed by atoms with van der Waals surface area (Å²) in [5, 5.41) is 4.27. The molecule has 0 aliphatic rings. The van der Waals surface area contributed by atoms with E-state index in [1.165, 1.54) is 0 Å². The van der Waals surface area contributed by atoms with E-state index in [1.54, 1.807) is 22.8 Å². The van der Waals surface area contributed by atoms with Crippen LogP contribution in [0.2, 0.25) is 0 Å². The van der Waals surface area contributed by atoms with E-state index in [-0.39, 0.29) is 35.6 Å². The number of nitrogens with one attached hydrogen (secondary N) is 3. The summed E-state index contributed by atoms with van der Waals surface area (Å²) in [6.07, 6.45) is 2.71. The number of nitrogens with zero attached hydrogens (tertiary/aromatic N) is 3. The number of hydrogen-bond donors (Lipinski definition) is 6. The number of benzene rings is 2. The van der Waals surface area contributed by atoms with Crippen LogP contribution < -0.4 is 32.9 Å². The molecule has 0 spiro atoms. The van der Waals surface area contributed by atoms with Gasteiger partial charge in [-0.15, -0.1) is 0 Å². The van der Waals surface area contributed by atoms with Crippen molar-refractivity contribution in [3.05, 3.63) is 88.1 Å². The first-order valence-electron chi connectivity index (χ1n) is 15.3. The Morgan fingerprint density at radius 1 is 0.978 bits per heavy atom. The first-order valence-corrected chi connectivity index (χ1v) is 16.8. The van der Waals surface area contributed by atoms with Crippen molar-refractivity contribution in [3.63, 3.8) is 0 Å². The van der Waals surface area contributed by atoms with Crippen LogP contribution in [-0.2, 0) is 27.4 Å². The molecule has 4 rings (SSSR count). The second-order valence-electron chi connectivity index (χ2n) is 13.1. The predicted molar refractivity (Wildman–Crippen MR) is 187 cm³/mol. The monoisotopic (exact) mass is 651 g/mol. The Morgan fingerprint density at radius 3 is 2.28 bits per heavy atom. The summed E-state index contributed by atoms with van der Waals surface area (Å²) in [4.78, 5) is 24.2. The normalized spacial score (nSPS) is 12.1. The lowest BCUT2D eigenvalue weighted by atomic mass is 9.87. The zero-order valence-electron chi connectivity index (χ0n) is 27.7. The van der Waals surface area contributed by atoms with Crippen LogP contribution in [0.4, 0.5) is 0 Å². The first kappa shape index (κ1) is 36.4. The summed E-state index contributed by atoms with van der Waals surface area (Å²) in [6, 6.07) is 16.9. The number of sulfonamides is 1. The van der Waals surface area contributed by atoms with E-state index in [1.807, 2.05) is 57.3 Å². The number of H-pyrrole nitrogens is 1. The smallest absolute Gasteiger partial charge is 0.354 e. The summed E-state index contributed by atoms with van der Waals surface area (Å²) in [6.45, 7) is 15.2. The molecule has 0 amide bonds. The van der Waals surface area contributed by atoms with Crippen molar-refractivity contribution < 1.29 is 8.42 Å². The molecule has 0 unspecified atom stereocenters. The number of aliphatic imine (C=N–C) groups is 1. The highest BCUT2D eigenvalue weighted by Gasteiger charge is 2.19. The molecule has 0 bridgehead atoms. The minimum atomic E-state index is -3.44. The maximum absolute atomic E-state index is 12.5. The molecule has 2 aromatic heterocycles. The van der Waals surface area contributed by atoms with E-state index in [0.717, 1.165) is 47.4 Å². The molecule has 0 atom stereocenters. The summed E-state index contributed by atoms with van der Waals surface area (Å²) in [5.41, 5.74) is 20.1. The van der Waals surface area contributed by atoms with Crippen LogP contribution in [0.5, 0.6) is 0 Å². The minimum absolute atomic E-state index is 0.0352. The summed E-state index contributed by atoms with van der Waals surface area (Å²) >= 11 is 0. The van der Waals surface area contributed by atoms with E-state index in [2.05, 4.69) is 51.8 Å². The number of hydrogen-bond acceptors (Lipinski definition) is 7. The predicted octanol–water partition coefficient (Wildman–Crippen LogP) is 2.99. The van der Waals surface area contributed by atoms with Gasteiger partial charge in [0, 0.05) is 48.9 Å². The first-order chi connectivity index (χ1) is 21.5. The van der Waals surface area contributed by atoms with Gasteiger partial charge in [-0.25, -0.2) is 17.9 Å².